The van der Waals surface area contributed by atoms with E-state index in [9.17, 15) is 19.7 Å². The first-order valence-electron chi connectivity index (χ1n) is 10.8. The molecule has 4 rings (SSSR count). The highest BCUT2D eigenvalue weighted by Crippen LogP contribution is 2.36. The van der Waals surface area contributed by atoms with Crippen molar-refractivity contribution in [1.29, 1.82) is 0 Å². The average Bonchev–Trinajstić information content (AvgIpc) is 2.78. The van der Waals surface area contributed by atoms with Crippen LogP contribution in [0.5, 0.6) is 0 Å². The van der Waals surface area contributed by atoms with Gasteiger partial charge in [-0.25, -0.2) is 4.79 Å². The molecule has 0 aliphatic carbocycles. The van der Waals surface area contributed by atoms with Gasteiger partial charge in [0, 0.05) is 47.4 Å². The molecule has 0 radical (unpaired) electrons. The summed E-state index contributed by atoms with van der Waals surface area (Å²) >= 11 is 6.16. The second kappa shape index (κ2) is 9.27. The molecule has 0 unspecified atom stereocenters. The number of rotatable bonds is 5. The Morgan fingerprint density at radius 2 is 1.91 bits per heavy atom. The van der Waals surface area contributed by atoms with Crippen LogP contribution in [0.15, 0.2) is 36.4 Å². The molecule has 2 aromatic carbocycles. The van der Waals surface area contributed by atoms with Crippen molar-refractivity contribution in [3.05, 3.63) is 62.7 Å². The number of nitrogens with zero attached hydrogens (tertiary/aromatic N) is 3. The van der Waals surface area contributed by atoms with E-state index >= 15 is 0 Å². The summed E-state index contributed by atoms with van der Waals surface area (Å²) in [6.45, 7) is 4.90. The summed E-state index contributed by atoms with van der Waals surface area (Å²) in [5.41, 5.74) is 2.25. The number of carbonyl (C=O) groups excluding carboxylic acids is 2. The molecule has 2 aliphatic rings. The first-order valence-corrected chi connectivity index (χ1v) is 11.2. The predicted molar refractivity (Wildman–Crippen MR) is 125 cm³/mol. The van der Waals surface area contributed by atoms with E-state index < -0.39 is 11.0 Å². The maximum atomic E-state index is 12.6. The molecular formula is C23H25ClN4O5. The SMILES string of the molecule is CC(C)NC(=O)c1ccc(N2CCC(N3C(=O)OCc4ccc(Cl)cc43)CC2)c([N+](=O)[O-])c1. The van der Waals surface area contributed by atoms with E-state index in [-0.39, 0.29) is 35.8 Å². The second-order valence-electron chi connectivity index (χ2n) is 8.50. The number of ether oxygens (including phenoxy) is 1. The molecule has 9 nitrogen and oxygen atoms in total. The summed E-state index contributed by atoms with van der Waals surface area (Å²) in [4.78, 5) is 39.7. The Hall–Kier alpha value is -3.33. The lowest BCUT2D eigenvalue weighted by Crippen LogP contribution is -2.49. The summed E-state index contributed by atoms with van der Waals surface area (Å²) in [6.07, 6.45) is 0.802. The van der Waals surface area contributed by atoms with Crippen LogP contribution >= 0.6 is 11.6 Å². The third-order valence-electron chi connectivity index (χ3n) is 5.88. The zero-order valence-corrected chi connectivity index (χ0v) is 19.2. The Kier molecular flexibility index (Phi) is 6.42. The van der Waals surface area contributed by atoms with Crippen LogP contribution in [0.2, 0.25) is 5.02 Å². The number of nitro groups is 1. The number of hydrogen-bond donors (Lipinski definition) is 1. The highest BCUT2D eigenvalue weighted by molar-refractivity contribution is 6.31. The van der Waals surface area contributed by atoms with Crippen LogP contribution in [0.1, 0.15) is 42.6 Å². The van der Waals surface area contributed by atoms with Gasteiger partial charge in [0.15, 0.2) is 0 Å². The minimum absolute atomic E-state index is 0.0725. The van der Waals surface area contributed by atoms with Crippen LogP contribution in [0, 0.1) is 10.1 Å². The van der Waals surface area contributed by atoms with Gasteiger partial charge in [0.05, 0.1) is 10.6 Å². The summed E-state index contributed by atoms with van der Waals surface area (Å²) < 4.78 is 5.34. The molecule has 33 heavy (non-hydrogen) atoms. The molecule has 2 amide bonds. The second-order valence-corrected chi connectivity index (χ2v) is 8.94. The van der Waals surface area contributed by atoms with E-state index in [0.717, 1.165) is 11.3 Å². The van der Waals surface area contributed by atoms with Gasteiger partial charge in [0.25, 0.3) is 11.6 Å². The molecule has 0 aromatic heterocycles. The van der Waals surface area contributed by atoms with Gasteiger partial charge in [-0.2, -0.15) is 0 Å². The number of nitrogens with one attached hydrogen (secondary N) is 1. The topological polar surface area (TPSA) is 105 Å². The molecule has 2 aliphatic heterocycles. The van der Waals surface area contributed by atoms with Gasteiger partial charge < -0.3 is 15.0 Å². The van der Waals surface area contributed by atoms with Crippen molar-refractivity contribution in [2.45, 2.75) is 45.4 Å². The van der Waals surface area contributed by atoms with Crippen molar-refractivity contribution in [1.82, 2.24) is 5.32 Å². The van der Waals surface area contributed by atoms with Crippen molar-refractivity contribution < 1.29 is 19.2 Å². The molecule has 1 saturated heterocycles. The molecule has 174 valence electrons. The van der Waals surface area contributed by atoms with Gasteiger partial charge in [-0.3, -0.25) is 19.8 Å². The number of halogens is 1. The zero-order chi connectivity index (χ0) is 23.7. The molecule has 0 bridgehead atoms. The number of fused-ring (bicyclic) bond motifs is 1. The van der Waals surface area contributed by atoms with E-state index in [1.165, 1.54) is 6.07 Å². The molecule has 0 saturated carbocycles. The van der Waals surface area contributed by atoms with Crippen LogP contribution in [0.25, 0.3) is 0 Å². The van der Waals surface area contributed by atoms with Gasteiger partial charge in [-0.15, -0.1) is 0 Å². The van der Waals surface area contributed by atoms with E-state index in [2.05, 4.69) is 5.32 Å². The summed E-state index contributed by atoms with van der Waals surface area (Å²) in [7, 11) is 0. The summed E-state index contributed by atoms with van der Waals surface area (Å²) in [6, 6.07) is 9.76. The summed E-state index contributed by atoms with van der Waals surface area (Å²) in [5.74, 6) is -0.348. The smallest absolute Gasteiger partial charge is 0.414 e. The van der Waals surface area contributed by atoms with Gasteiger partial charge in [-0.1, -0.05) is 17.7 Å². The molecule has 1 N–H and O–H groups in total. The summed E-state index contributed by atoms with van der Waals surface area (Å²) in [5, 5.41) is 15.0. The van der Waals surface area contributed by atoms with Crippen LogP contribution in [0.3, 0.4) is 0 Å². The van der Waals surface area contributed by atoms with E-state index in [1.807, 2.05) is 24.8 Å². The van der Waals surface area contributed by atoms with Crippen LogP contribution in [-0.4, -0.2) is 42.1 Å². The highest BCUT2D eigenvalue weighted by Gasteiger charge is 2.35. The lowest BCUT2D eigenvalue weighted by atomic mass is 9.99. The number of cyclic esters (lactones) is 1. The lowest BCUT2D eigenvalue weighted by Gasteiger charge is -2.40. The molecule has 10 heteroatoms. The molecule has 2 heterocycles. The Balaban J connectivity index is 1.53. The normalized spacial score (nSPS) is 16.4. The fourth-order valence-electron chi connectivity index (χ4n) is 4.33. The monoisotopic (exact) mass is 472 g/mol. The van der Waals surface area contributed by atoms with E-state index in [1.54, 1.807) is 29.2 Å². The minimum atomic E-state index is -0.464. The molecular weight excluding hydrogens is 448 g/mol. The molecule has 0 atom stereocenters. The number of benzene rings is 2. The average molecular weight is 473 g/mol. The minimum Gasteiger partial charge on any atom is -0.444 e. The van der Waals surface area contributed by atoms with Crippen molar-refractivity contribution in [2.24, 2.45) is 0 Å². The van der Waals surface area contributed by atoms with E-state index in [0.29, 0.717) is 36.6 Å². The Morgan fingerprint density at radius 3 is 2.58 bits per heavy atom. The number of piperidine rings is 1. The predicted octanol–water partition coefficient (Wildman–Crippen LogP) is 4.51. The van der Waals surface area contributed by atoms with Gasteiger partial charge in [-0.05, 0) is 51.0 Å². The fourth-order valence-corrected chi connectivity index (χ4v) is 4.49. The van der Waals surface area contributed by atoms with Crippen molar-refractivity contribution in [2.75, 3.05) is 22.9 Å². The fraction of sp³-hybridized carbons (Fsp3) is 0.391. The van der Waals surface area contributed by atoms with E-state index in [4.69, 9.17) is 16.3 Å². The van der Waals surface area contributed by atoms with Crippen molar-refractivity contribution >= 4 is 40.7 Å². The Labute approximate surface area is 196 Å². The molecule has 1 fully saturated rings. The Morgan fingerprint density at radius 1 is 1.18 bits per heavy atom. The Bertz CT molecular complexity index is 1100. The third kappa shape index (κ3) is 4.73. The van der Waals surface area contributed by atoms with Crippen molar-refractivity contribution in [3.63, 3.8) is 0 Å². The largest absolute Gasteiger partial charge is 0.444 e. The first kappa shape index (κ1) is 22.8. The van der Waals surface area contributed by atoms with Gasteiger partial charge >= 0.3 is 6.09 Å². The number of nitro benzene ring substituents is 1. The standard InChI is InChI=1S/C23H25ClN4O5/c1-14(2)25-22(29)15-4-6-19(21(11-15)28(31)32)26-9-7-18(8-10-26)27-20-12-17(24)5-3-16(20)13-33-23(27)30/h3-6,11-12,14,18H,7-10,13H2,1-2H3,(H,25,29). The number of hydrogen-bond acceptors (Lipinski definition) is 6. The quantitative estimate of drug-likeness (QED) is 0.507. The van der Waals surface area contributed by atoms with Crippen molar-refractivity contribution in [3.8, 4) is 0 Å². The number of amides is 2. The third-order valence-corrected chi connectivity index (χ3v) is 6.11. The zero-order valence-electron chi connectivity index (χ0n) is 18.4. The van der Waals surface area contributed by atoms with Gasteiger partial charge in [0.1, 0.15) is 12.3 Å². The molecule has 2 aromatic rings. The van der Waals surface area contributed by atoms with Crippen LogP contribution in [-0.2, 0) is 11.3 Å². The van der Waals surface area contributed by atoms with Crippen LogP contribution in [0.4, 0.5) is 21.9 Å². The lowest BCUT2D eigenvalue weighted by molar-refractivity contribution is -0.384. The number of anilines is 2. The van der Waals surface area contributed by atoms with Gasteiger partial charge in [0.2, 0.25) is 0 Å². The number of carbonyl (C=O) groups is 2. The van der Waals surface area contributed by atoms with Crippen LogP contribution < -0.4 is 15.1 Å². The maximum Gasteiger partial charge on any atom is 0.414 e. The molecule has 0 spiro atoms. The maximum absolute atomic E-state index is 12.6. The highest BCUT2D eigenvalue weighted by atomic mass is 35.5. The first-order chi connectivity index (χ1) is 15.7.